The highest BCUT2D eigenvalue weighted by Gasteiger charge is 2.17. The van der Waals surface area contributed by atoms with Crippen molar-refractivity contribution < 1.29 is 18.3 Å². The molecule has 1 N–H and O–H groups in total. The highest BCUT2D eigenvalue weighted by atomic mass is 19.1. The van der Waals surface area contributed by atoms with Crippen LogP contribution in [-0.4, -0.2) is 17.5 Å². The Kier molecular flexibility index (Phi) is 5.48. The third kappa shape index (κ3) is 4.17. The summed E-state index contributed by atoms with van der Waals surface area (Å²) in [6, 6.07) is 17.4. The van der Waals surface area contributed by atoms with Crippen molar-refractivity contribution in [3.63, 3.8) is 0 Å². The van der Waals surface area contributed by atoms with Crippen molar-refractivity contribution in [3.8, 4) is 17.2 Å². The number of aryl methyl sites for hydroxylation is 2. The lowest BCUT2D eigenvalue weighted by molar-refractivity contribution is -0.123. The van der Waals surface area contributed by atoms with E-state index in [2.05, 4.69) is 10.3 Å². The number of rotatable bonds is 6. The first-order valence-electron chi connectivity index (χ1n) is 9.61. The highest BCUT2D eigenvalue weighted by molar-refractivity contribution is 5.81. The third-order valence-electron chi connectivity index (χ3n) is 4.81. The third-order valence-corrected chi connectivity index (χ3v) is 4.81. The van der Waals surface area contributed by atoms with Gasteiger partial charge in [0.05, 0.1) is 5.56 Å². The Labute approximate surface area is 173 Å². The van der Waals surface area contributed by atoms with Gasteiger partial charge in [-0.2, -0.15) is 0 Å². The predicted molar refractivity (Wildman–Crippen MR) is 113 cm³/mol. The summed E-state index contributed by atoms with van der Waals surface area (Å²) < 4.78 is 24.8. The van der Waals surface area contributed by atoms with Crippen LogP contribution in [0.25, 0.3) is 22.6 Å². The zero-order chi connectivity index (χ0) is 21.1. The molecule has 5 nitrogen and oxygen atoms in total. The van der Waals surface area contributed by atoms with Gasteiger partial charge in [0.25, 0.3) is 5.91 Å². The molecule has 0 spiro atoms. The fourth-order valence-corrected chi connectivity index (χ4v) is 3.21. The van der Waals surface area contributed by atoms with Crippen molar-refractivity contribution in [1.29, 1.82) is 0 Å². The minimum Gasteiger partial charge on any atom is -0.483 e. The first kappa shape index (κ1) is 19.6. The molecule has 30 heavy (non-hydrogen) atoms. The van der Waals surface area contributed by atoms with Gasteiger partial charge in [0.1, 0.15) is 17.1 Å². The van der Waals surface area contributed by atoms with E-state index in [4.69, 9.17) is 9.15 Å². The van der Waals surface area contributed by atoms with Crippen LogP contribution in [0.4, 0.5) is 4.39 Å². The van der Waals surface area contributed by atoms with Crippen LogP contribution in [-0.2, 0) is 11.3 Å². The summed E-state index contributed by atoms with van der Waals surface area (Å²) in [7, 11) is 0. The number of amides is 1. The zero-order valence-corrected chi connectivity index (χ0v) is 16.7. The monoisotopic (exact) mass is 404 g/mol. The molecule has 0 bridgehead atoms. The van der Waals surface area contributed by atoms with Gasteiger partial charge < -0.3 is 14.5 Å². The molecule has 4 aromatic rings. The van der Waals surface area contributed by atoms with Crippen molar-refractivity contribution >= 4 is 17.0 Å². The minimum atomic E-state index is -0.310. The normalized spacial score (nSPS) is 10.9. The summed E-state index contributed by atoms with van der Waals surface area (Å²) in [4.78, 5) is 16.9. The van der Waals surface area contributed by atoms with Crippen LogP contribution in [0.5, 0.6) is 5.75 Å². The van der Waals surface area contributed by atoms with Gasteiger partial charge >= 0.3 is 0 Å². The second-order valence-corrected chi connectivity index (χ2v) is 7.08. The van der Waals surface area contributed by atoms with Gasteiger partial charge in [0, 0.05) is 6.54 Å². The molecule has 0 aliphatic heterocycles. The molecule has 3 aromatic carbocycles. The number of nitrogens with zero attached hydrogens (tertiary/aromatic N) is 1. The Morgan fingerprint density at radius 1 is 1.03 bits per heavy atom. The summed E-state index contributed by atoms with van der Waals surface area (Å²) in [6.45, 7) is 4.03. The SMILES string of the molecule is Cc1cccc(-c2nc3c(C)cccc3o2)c1OCC(=O)NCc1ccc(F)cc1. The number of halogens is 1. The van der Waals surface area contributed by atoms with Gasteiger partial charge in [-0.3, -0.25) is 4.79 Å². The van der Waals surface area contributed by atoms with Crippen LogP contribution in [0, 0.1) is 19.7 Å². The Morgan fingerprint density at radius 3 is 2.53 bits per heavy atom. The Balaban J connectivity index is 1.49. The van der Waals surface area contributed by atoms with Gasteiger partial charge in [0.15, 0.2) is 12.2 Å². The molecular weight excluding hydrogens is 383 g/mol. The Hall–Kier alpha value is -3.67. The molecule has 0 saturated carbocycles. The molecule has 1 aromatic heterocycles. The summed E-state index contributed by atoms with van der Waals surface area (Å²) in [5.41, 5.74) is 4.90. The van der Waals surface area contributed by atoms with E-state index in [9.17, 15) is 9.18 Å². The van der Waals surface area contributed by atoms with E-state index in [0.717, 1.165) is 22.2 Å². The maximum Gasteiger partial charge on any atom is 0.258 e. The number of hydrogen-bond donors (Lipinski definition) is 1. The number of carbonyl (C=O) groups is 1. The van der Waals surface area contributed by atoms with Crippen LogP contribution in [0.1, 0.15) is 16.7 Å². The van der Waals surface area contributed by atoms with Crippen molar-refractivity contribution in [2.45, 2.75) is 20.4 Å². The molecule has 0 aliphatic carbocycles. The number of hydrogen-bond acceptors (Lipinski definition) is 4. The van der Waals surface area contributed by atoms with E-state index in [1.165, 1.54) is 12.1 Å². The largest absolute Gasteiger partial charge is 0.483 e. The predicted octanol–water partition coefficient (Wildman–Crippen LogP) is 4.95. The molecule has 6 heteroatoms. The van der Waals surface area contributed by atoms with E-state index in [1.807, 2.05) is 50.2 Å². The Bertz CT molecular complexity index is 1200. The number of fused-ring (bicyclic) bond motifs is 1. The van der Waals surface area contributed by atoms with Gasteiger partial charge in [-0.05, 0) is 54.8 Å². The fourth-order valence-electron chi connectivity index (χ4n) is 3.21. The maximum absolute atomic E-state index is 13.0. The van der Waals surface area contributed by atoms with Gasteiger partial charge in [0.2, 0.25) is 5.89 Å². The lowest BCUT2D eigenvalue weighted by Gasteiger charge is -2.12. The topological polar surface area (TPSA) is 64.4 Å². The quantitative estimate of drug-likeness (QED) is 0.494. The first-order chi connectivity index (χ1) is 14.5. The number of oxazole rings is 1. The number of para-hydroxylation sites is 2. The number of benzene rings is 3. The van der Waals surface area contributed by atoms with E-state index in [0.29, 0.717) is 29.3 Å². The minimum absolute atomic E-state index is 0.154. The van der Waals surface area contributed by atoms with Crippen molar-refractivity contribution in [1.82, 2.24) is 10.3 Å². The fraction of sp³-hybridized carbons (Fsp3) is 0.167. The molecule has 4 rings (SSSR count). The Morgan fingerprint density at radius 2 is 1.77 bits per heavy atom. The molecule has 1 heterocycles. The van der Waals surface area contributed by atoms with Crippen LogP contribution in [0.3, 0.4) is 0 Å². The molecular formula is C24H21FN2O3. The maximum atomic E-state index is 13.0. The second kappa shape index (κ2) is 8.37. The molecule has 0 radical (unpaired) electrons. The molecule has 0 unspecified atom stereocenters. The average molecular weight is 404 g/mol. The van der Waals surface area contributed by atoms with Crippen LogP contribution >= 0.6 is 0 Å². The van der Waals surface area contributed by atoms with Crippen LogP contribution in [0.2, 0.25) is 0 Å². The summed E-state index contributed by atoms with van der Waals surface area (Å²) in [6.07, 6.45) is 0. The molecule has 0 aliphatic rings. The van der Waals surface area contributed by atoms with E-state index >= 15 is 0 Å². The molecule has 0 saturated heterocycles. The molecule has 0 fully saturated rings. The van der Waals surface area contributed by atoms with Crippen LogP contribution in [0.15, 0.2) is 65.1 Å². The standard InChI is InChI=1S/C24H21FN2O3/c1-15-5-4-8-20-22(15)27-24(30-20)19-7-3-6-16(2)23(19)29-14-21(28)26-13-17-9-11-18(25)12-10-17/h3-12H,13-14H2,1-2H3,(H,26,28). The smallest absolute Gasteiger partial charge is 0.258 e. The number of ether oxygens (including phenoxy) is 1. The summed E-state index contributed by atoms with van der Waals surface area (Å²) >= 11 is 0. The highest BCUT2D eigenvalue weighted by Crippen LogP contribution is 2.34. The molecule has 1 amide bonds. The van der Waals surface area contributed by atoms with E-state index < -0.39 is 0 Å². The number of carbonyl (C=O) groups excluding carboxylic acids is 1. The number of aromatic nitrogens is 1. The lowest BCUT2D eigenvalue weighted by Crippen LogP contribution is -2.28. The second-order valence-electron chi connectivity index (χ2n) is 7.08. The summed E-state index contributed by atoms with van der Waals surface area (Å²) in [5, 5.41) is 2.77. The number of nitrogens with one attached hydrogen (secondary N) is 1. The van der Waals surface area contributed by atoms with Crippen molar-refractivity contribution in [2.75, 3.05) is 6.61 Å². The first-order valence-corrected chi connectivity index (χ1v) is 9.61. The molecule has 0 atom stereocenters. The van der Waals surface area contributed by atoms with Crippen LogP contribution < -0.4 is 10.1 Å². The van der Waals surface area contributed by atoms with Gasteiger partial charge in [-0.25, -0.2) is 9.37 Å². The van der Waals surface area contributed by atoms with Crippen molar-refractivity contribution in [2.24, 2.45) is 0 Å². The van der Waals surface area contributed by atoms with E-state index in [-0.39, 0.29) is 18.3 Å². The average Bonchev–Trinajstić information content (AvgIpc) is 3.18. The van der Waals surface area contributed by atoms with Crippen molar-refractivity contribution in [3.05, 3.63) is 83.2 Å². The van der Waals surface area contributed by atoms with Gasteiger partial charge in [-0.1, -0.05) is 36.4 Å². The summed E-state index contributed by atoms with van der Waals surface area (Å²) in [5.74, 6) is 0.417. The van der Waals surface area contributed by atoms with Gasteiger partial charge in [-0.15, -0.1) is 0 Å². The zero-order valence-electron chi connectivity index (χ0n) is 16.7. The van der Waals surface area contributed by atoms with E-state index in [1.54, 1.807) is 12.1 Å². The lowest BCUT2D eigenvalue weighted by atomic mass is 10.1. The molecule has 152 valence electrons.